The molecule has 0 saturated carbocycles. The molecule has 2 bridgehead atoms. The lowest BCUT2D eigenvalue weighted by Gasteiger charge is -2.21. The lowest BCUT2D eigenvalue weighted by Crippen LogP contribution is -2.29. The quantitative estimate of drug-likeness (QED) is 0.775. The third-order valence-electron chi connectivity index (χ3n) is 4.29. The molecule has 2 fully saturated rings. The Labute approximate surface area is 122 Å². The summed E-state index contributed by atoms with van der Waals surface area (Å²) in [4.78, 5) is 7.25. The van der Waals surface area contributed by atoms with Crippen LogP contribution in [0.5, 0.6) is 0 Å². The lowest BCUT2D eigenvalue weighted by atomic mass is 9.89. The van der Waals surface area contributed by atoms with Gasteiger partial charge in [0.1, 0.15) is 0 Å². The van der Waals surface area contributed by atoms with Gasteiger partial charge in [0, 0.05) is 18.0 Å². The Bertz CT molecular complexity index is 437. The SMILES string of the molecule is CSSCN1C2CCC1C(c1nc(C(C)C)no1)C2. The molecule has 3 rings (SSSR count). The van der Waals surface area contributed by atoms with Gasteiger partial charge < -0.3 is 4.52 Å². The van der Waals surface area contributed by atoms with Crippen molar-refractivity contribution in [1.29, 1.82) is 0 Å². The molecule has 1 aromatic rings. The molecular formula is C13H21N3OS2. The maximum atomic E-state index is 5.52. The number of nitrogens with zero attached hydrogens (tertiary/aromatic N) is 3. The zero-order valence-electron chi connectivity index (χ0n) is 11.7. The Morgan fingerprint density at radius 3 is 2.95 bits per heavy atom. The Balaban J connectivity index is 1.72. The Morgan fingerprint density at radius 1 is 1.42 bits per heavy atom. The Kier molecular flexibility index (Phi) is 4.10. The van der Waals surface area contributed by atoms with E-state index < -0.39 is 0 Å². The van der Waals surface area contributed by atoms with Gasteiger partial charge in [-0.25, -0.2) is 0 Å². The Hall–Kier alpha value is -0.200. The molecule has 0 amide bonds. The minimum atomic E-state index is 0.347. The summed E-state index contributed by atoms with van der Waals surface area (Å²) in [5.41, 5.74) is 0. The molecule has 2 aliphatic heterocycles. The summed E-state index contributed by atoms with van der Waals surface area (Å²) in [6.45, 7) is 4.22. The van der Waals surface area contributed by atoms with Crippen LogP contribution in [0.25, 0.3) is 0 Å². The van der Waals surface area contributed by atoms with Crippen LogP contribution in [-0.2, 0) is 0 Å². The zero-order chi connectivity index (χ0) is 13.4. The predicted molar refractivity (Wildman–Crippen MR) is 80.4 cm³/mol. The molecule has 0 radical (unpaired) electrons. The van der Waals surface area contributed by atoms with Gasteiger partial charge in [0.2, 0.25) is 5.89 Å². The van der Waals surface area contributed by atoms with E-state index in [9.17, 15) is 0 Å². The first kappa shape index (κ1) is 13.8. The molecule has 2 aliphatic rings. The Morgan fingerprint density at radius 2 is 2.26 bits per heavy atom. The first-order valence-electron chi connectivity index (χ1n) is 6.95. The highest BCUT2D eigenvalue weighted by Crippen LogP contribution is 2.47. The standard InChI is InChI=1S/C13H21N3OS2/c1-8(2)12-14-13(17-15-12)10-6-9-4-5-11(10)16(9)7-19-18-3/h8-11H,4-7H2,1-3H3. The number of hydrogen-bond acceptors (Lipinski definition) is 6. The van der Waals surface area contributed by atoms with Crippen molar-refractivity contribution >= 4 is 21.6 Å². The summed E-state index contributed by atoms with van der Waals surface area (Å²) in [5.74, 6) is 3.65. The fourth-order valence-corrected chi connectivity index (χ4v) is 4.62. The minimum absolute atomic E-state index is 0.347. The smallest absolute Gasteiger partial charge is 0.231 e. The van der Waals surface area contributed by atoms with Crippen LogP contribution in [0.15, 0.2) is 4.52 Å². The van der Waals surface area contributed by atoms with Crippen molar-refractivity contribution in [2.75, 3.05) is 12.1 Å². The van der Waals surface area contributed by atoms with E-state index in [1.54, 1.807) is 0 Å². The van der Waals surface area contributed by atoms with Gasteiger partial charge in [-0.05, 0) is 25.5 Å². The molecule has 0 spiro atoms. The summed E-state index contributed by atoms with van der Waals surface area (Å²) in [6, 6.07) is 1.34. The number of rotatable bonds is 5. The fourth-order valence-electron chi connectivity index (χ4n) is 3.31. The first-order chi connectivity index (χ1) is 9.20. The number of fused-ring (bicyclic) bond motifs is 2. The van der Waals surface area contributed by atoms with Crippen LogP contribution in [0.4, 0.5) is 0 Å². The van der Waals surface area contributed by atoms with Gasteiger partial charge in [0.25, 0.3) is 0 Å². The molecule has 19 heavy (non-hydrogen) atoms. The van der Waals surface area contributed by atoms with E-state index in [2.05, 4.69) is 35.1 Å². The van der Waals surface area contributed by atoms with Crippen LogP contribution in [0.3, 0.4) is 0 Å². The van der Waals surface area contributed by atoms with E-state index in [1.165, 1.54) is 19.3 Å². The molecule has 4 nitrogen and oxygen atoms in total. The molecule has 2 saturated heterocycles. The lowest BCUT2D eigenvalue weighted by molar-refractivity contribution is 0.275. The highest BCUT2D eigenvalue weighted by molar-refractivity contribution is 8.76. The van der Waals surface area contributed by atoms with Crippen LogP contribution in [0.1, 0.15) is 56.7 Å². The monoisotopic (exact) mass is 299 g/mol. The van der Waals surface area contributed by atoms with Crippen molar-refractivity contribution in [3.63, 3.8) is 0 Å². The summed E-state index contributed by atoms with van der Waals surface area (Å²) in [5, 5.41) is 4.12. The highest BCUT2D eigenvalue weighted by atomic mass is 33.1. The molecule has 0 aliphatic carbocycles. The van der Waals surface area contributed by atoms with Crippen molar-refractivity contribution in [1.82, 2.24) is 15.0 Å². The van der Waals surface area contributed by atoms with Crippen LogP contribution < -0.4 is 0 Å². The molecule has 0 aromatic carbocycles. The van der Waals surface area contributed by atoms with Crippen molar-refractivity contribution in [2.24, 2.45) is 0 Å². The van der Waals surface area contributed by atoms with Crippen LogP contribution in [0, 0.1) is 0 Å². The average Bonchev–Trinajstić information content (AvgIpc) is 3.10. The van der Waals surface area contributed by atoms with Gasteiger partial charge in [-0.1, -0.05) is 40.6 Å². The zero-order valence-corrected chi connectivity index (χ0v) is 13.3. The van der Waals surface area contributed by atoms with Gasteiger partial charge >= 0.3 is 0 Å². The van der Waals surface area contributed by atoms with E-state index in [0.717, 1.165) is 23.6 Å². The van der Waals surface area contributed by atoms with E-state index in [1.807, 2.05) is 21.6 Å². The molecule has 1 aromatic heterocycles. The molecule has 3 unspecified atom stereocenters. The van der Waals surface area contributed by atoms with E-state index in [4.69, 9.17) is 4.52 Å². The summed E-state index contributed by atoms with van der Waals surface area (Å²) in [6.07, 6.45) is 5.96. The fraction of sp³-hybridized carbons (Fsp3) is 0.846. The third kappa shape index (κ3) is 2.54. The van der Waals surface area contributed by atoms with Crippen LogP contribution in [0.2, 0.25) is 0 Å². The summed E-state index contributed by atoms with van der Waals surface area (Å²) < 4.78 is 5.52. The molecule has 106 valence electrons. The normalized spacial score (nSPS) is 30.6. The number of aromatic nitrogens is 2. The third-order valence-corrected chi connectivity index (χ3v) is 5.95. The minimum Gasteiger partial charge on any atom is -0.339 e. The van der Waals surface area contributed by atoms with Crippen molar-refractivity contribution in [3.8, 4) is 0 Å². The summed E-state index contributed by atoms with van der Waals surface area (Å²) >= 11 is 0. The highest BCUT2D eigenvalue weighted by Gasteiger charge is 2.48. The largest absolute Gasteiger partial charge is 0.339 e. The van der Waals surface area contributed by atoms with E-state index in [-0.39, 0.29) is 0 Å². The average molecular weight is 299 g/mol. The topological polar surface area (TPSA) is 42.2 Å². The maximum absolute atomic E-state index is 5.52. The van der Waals surface area contributed by atoms with Gasteiger partial charge in [0.05, 0.1) is 11.8 Å². The molecular weight excluding hydrogens is 278 g/mol. The predicted octanol–water partition coefficient (Wildman–Crippen LogP) is 3.48. The summed E-state index contributed by atoms with van der Waals surface area (Å²) in [7, 11) is 3.79. The second-order valence-corrected chi connectivity index (χ2v) is 8.25. The van der Waals surface area contributed by atoms with Crippen molar-refractivity contribution < 1.29 is 4.52 Å². The van der Waals surface area contributed by atoms with Crippen LogP contribution >= 0.6 is 21.6 Å². The van der Waals surface area contributed by atoms with Crippen molar-refractivity contribution in [3.05, 3.63) is 11.7 Å². The van der Waals surface area contributed by atoms with Gasteiger partial charge in [-0.15, -0.1) is 0 Å². The van der Waals surface area contributed by atoms with Crippen LogP contribution in [-0.4, -0.2) is 39.3 Å². The molecule has 3 atom stereocenters. The first-order valence-corrected chi connectivity index (χ1v) is 9.68. The molecule has 3 heterocycles. The van der Waals surface area contributed by atoms with Crippen molar-refractivity contribution in [2.45, 2.75) is 57.0 Å². The van der Waals surface area contributed by atoms with Gasteiger partial charge in [-0.3, -0.25) is 4.90 Å². The second-order valence-electron chi connectivity index (χ2n) is 5.71. The van der Waals surface area contributed by atoms with E-state index >= 15 is 0 Å². The second kappa shape index (κ2) is 5.66. The van der Waals surface area contributed by atoms with Gasteiger partial charge in [-0.2, -0.15) is 4.98 Å². The number of hydrogen-bond donors (Lipinski definition) is 0. The van der Waals surface area contributed by atoms with Gasteiger partial charge in [0.15, 0.2) is 5.82 Å². The van der Waals surface area contributed by atoms with E-state index in [0.29, 0.717) is 17.9 Å². The maximum Gasteiger partial charge on any atom is 0.231 e. The molecule has 6 heteroatoms. The molecule has 0 N–H and O–H groups in total.